The lowest BCUT2D eigenvalue weighted by molar-refractivity contribution is -0.155. The lowest BCUT2D eigenvalue weighted by Gasteiger charge is -2.28. The number of amides is 2. The molecule has 1 aliphatic heterocycles. The lowest BCUT2D eigenvalue weighted by atomic mass is 9.89. The quantitative estimate of drug-likeness (QED) is 0.228. The predicted octanol–water partition coefficient (Wildman–Crippen LogP) is 0.573. The van der Waals surface area contributed by atoms with Crippen molar-refractivity contribution < 1.29 is 39.2 Å². The SMILES string of the molecule is CO[C@@H](C(=O)N[C@H]1CCC(OC(=O)C2CCCCC2)CNC1=O)[C@H](O)[C@@H](O)[C@H](O)/C=C/C(C)(C)C. The van der Waals surface area contributed by atoms with Gasteiger partial charge in [-0.05, 0) is 31.1 Å². The average molecular weight is 499 g/mol. The van der Waals surface area contributed by atoms with Gasteiger partial charge in [-0.2, -0.15) is 0 Å². The molecule has 1 unspecified atom stereocenters. The summed E-state index contributed by atoms with van der Waals surface area (Å²) in [5.41, 5.74) is -0.251. The van der Waals surface area contributed by atoms with Gasteiger partial charge in [0.05, 0.1) is 12.5 Å². The third-order valence-electron chi connectivity index (χ3n) is 6.45. The van der Waals surface area contributed by atoms with Crippen molar-refractivity contribution in [1.82, 2.24) is 10.6 Å². The number of hydrogen-bond acceptors (Lipinski definition) is 8. The fraction of sp³-hybridized carbons (Fsp3) is 0.800. The van der Waals surface area contributed by atoms with Crippen molar-refractivity contribution in [1.29, 1.82) is 0 Å². The molecule has 0 aromatic rings. The van der Waals surface area contributed by atoms with Crippen LogP contribution >= 0.6 is 0 Å². The van der Waals surface area contributed by atoms with Gasteiger partial charge in [0.1, 0.15) is 30.5 Å². The summed E-state index contributed by atoms with van der Waals surface area (Å²) >= 11 is 0. The zero-order valence-electron chi connectivity index (χ0n) is 21.2. The minimum absolute atomic E-state index is 0.0952. The Balaban J connectivity index is 1.92. The van der Waals surface area contributed by atoms with Gasteiger partial charge in [0.2, 0.25) is 5.91 Å². The molecule has 0 bridgehead atoms. The molecule has 2 amide bonds. The second kappa shape index (κ2) is 13.3. The Morgan fingerprint density at radius 3 is 2.31 bits per heavy atom. The maximum Gasteiger partial charge on any atom is 0.309 e. The van der Waals surface area contributed by atoms with Gasteiger partial charge < -0.3 is 35.4 Å². The van der Waals surface area contributed by atoms with Gasteiger partial charge in [-0.3, -0.25) is 14.4 Å². The van der Waals surface area contributed by atoms with E-state index in [0.29, 0.717) is 6.42 Å². The molecule has 1 aliphatic carbocycles. The van der Waals surface area contributed by atoms with Gasteiger partial charge in [-0.1, -0.05) is 52.2 Å². The molecule has 2 aliphatic rings. The summed E-state index contributed by atoms with van der Waals surface area (Å²) in [5.74, 6) is -1.57. The van der Waals surface area contributed by atoms with Crippen molar-refractivity contribution in [2.75, 3.05) is 13.7 Å². The summed E-state index contributed by atoms with van der Waals surface area (Å²) in [4.78, 5) is 37.7. The summed E-state index contributed by atoms with van der Waals surface area (Å²) in [7, 11) is 1.19. The highest BCUT2D eigenvalue weighted by molar-refractivity contribution is 5.89. The molecule has 0 spiro atoms. The lowest BCUT2D eigenvalue weighted by Crippen LogP contribution is -2.55. The fourth-order valence-electron chi connectivity index (χ4n) is 4.30. The maximum absolute atomic E-state index is 12.8. The fourth-order valence-corrected chi connectivity index (χ4v) is 4.30. The van der Waals surface area contributed by atoms with Gasteiger partial charge >= 0.3 is 5.97 Å². The van der Waals surface area contributed by atoms with Crippen LogP contribution in [-0.4, -0.2) is 83.3 Å². The molecule has 0 aromatic heterocycles. The second-order valence-corrected chi connectivity index (χ2v) is 10.6. The minimum atomic E-state index is -1.74. The van der Waals surface area contributed by atoms with Crippen LogP contribution in [0.1, 0.15) is 65.7 Å². The van der Waals surface area contributed by atoms with Crippen LogP contribution in [-0.2, 0) is 23.9 Å². The Morgan fingerprint density at radius 2 is 1.71 bits per heavy atom. The summed E-state index contributed by atoms with van der Waals surface area (Å²) in [6.45, 7) is 5.88. The van der Waals surface area contributed by atoms with Crippen LogP contribution in [0.3, 0.4) is 0 Å². The molecule has 0 radical (unpaired) electrons. The number of nitrogens with one attached hydrogen (secondary N) is 2. The van der Waals surface area contributed by atoms with Crippen LogP contribution in [0.5, 0.6) is 0 Å². The van der Waals surface area contributed by atoms with E-state index < -0.39 is 48.4 Å². The predicted molar refractivity (Wildman–Crippen MR) is 128 cm³/mol. The normalized spacial score (nSPS) is 25.7. The van der Waals surface area contributed by atoms with E-state index in [9.17, 15) is 29.7 Å². The number of carbonyl (C=O) groups excluding carboxylic acids is 3. The molecule has 2 fully saturated rings. The third-order valence-corrected chi connectivity index (χ3v) is 6.45. The molecule has 10 nitrogen and oxygen atoms in total. The van der Waals surface area contributed by atoms with Gasteiger partial charge in [0.25, 0.3) is 5.91 Å². The number of ether oxygens (including phenoxy) is 2. The van der Waals surface area contributed by atoms with E-state index in [1.54, 1.807) is 6.08 Å². The second-order valence-electron chi connectivity index (χ2n) is 10.6. The number of hydrogen-bond donors (Lipinski definition) is 5. The van der Waals surface area contributed by atoms with E-state index in [-0.39, 0.29) is 30.3 Å². The molecule has 0 aromatic carbocycles. The Hall–Kier alpha value is -2.01. The van der Waals surface area contributed by atoms with E-state index in [1.165, 1.54) is 13.2 Å². The molecular formula is C25H42N2O8. The Morgan fingerprint density at radius 1 is 1.06 bits per heavy atom. The standard InChI is InChI=1S/C25H42N2O8/c1-25(2,3)13-12-18(28)19(29)20(30)21(34-4)23(32)27-17-11-10-16(14-26-22(17)31)35-24(33)15-8-6-5-7-9-15/h12-13,15-21,28-30H,5-11,14H2,1-4H3,(H,26,31)(H,27,32)/b13-12+/t16?,17-,18+,19-,20+,21+/m0/s1. The maximum atomic E-state index is 12.8. The van der Waals surface area contributed by atoms with Crippen molar-refractivity contribution in [2.24, 2.45) is 11.3 Å². The summed E-state index contributed by atoms with van der Waals surface area (Å²) in [6, 6.07) is -0.923. The molecule has 35 heavy (non-hydrogen) atoms. The largest absolute Gasteiger partial charge is 0.460 e. The summed E-state index contributed by atoms with van der Waals surface area (Å²) in [5, 5.41) is 36.2. The molecular weight excluding hydrogens is 456 g/mol. The van der Waals surface area contributed by atoms with Crippen LogP contribution in [0.15, 0.2) is 12.2 Å². The molecule has 1 saturated heterocycles. The summed E-state index contributed by atoms with van der Waals surface area (Å²) < 4.78 is 10.7. The van der Waals surface area contributed by atoms with Crippen LogP contribution in [0.25, 0.3) is 0 Å². The zero-order valence-corrected chi connectivity index (χ0v) is 21.2. The molecule has 10 heteroatoms. The van der Waals surface area contributed by atoms with E-state index in [1.807, 2.05) is 20.8 Å². The Bertz CT molecular complexity index is 744. The molecule has 5 N–H and O–H groups in total. The number of esters is 1. The van der Waals surface area contributed by atoms with E-state index in [0.717, 1.165) is 32.1 Å². The molecule has 1 heterocycles. The number of aliphatic hydroxyl groups is 3. The number of allylic oxidation sites excluding steroid dienone is 1. The first-order chi connectivity index (χ1) is 16.4. The Labute approximate surface area is 207 Å². The van der Waals surface area contributed by atoms with Crippen molar-refractivity contribution in [3.05, 3.63) is 12.2 Å². The van der Waals surface area contributed by atoms with Gasteiger partial charge in [0.15, 0.2) is 6.10 Å². The average Bonchev–Trinajstić information content (AvgIpc) is 2.98. The molecule has 6 atom stereocenters. The van der Waals surface area contributed by atoms with Crippen molar-refractivity contribution in [2.45, 2.75) is 102 Å². The highest BCUT2D eigenvalue weighted by Gasteiger charge is 2.38. The smallest absolute Gasteiger partial charge is 0.309 e. The first kappa shape index (κ1) is 29.2. The van der Waals surface area contributed by atoms with Gasteiger partial charge in [-0.15, -0.1) is 0 Å². The number of aliphatic hydroxyl groups excluding tert-OH is 3. The highest BCUT2D eigenvalue weighted by atomic mass is 16.5. The summed E-state index contributed by atoms with van der Waals surface area (Å²) in [6.07, 6.45) is 1.61. The zero-order chi connectivity index (χ0) is 26.2. The minimum Gasteiger partial charge on any atom is -0.460 e. The monoisotopic (exact) mass is 498 g/mol. The first-order valence-electron chi connectivity index (χ1n) is 12.5. The number of rotatable bonds is 9. The topological polar surface area (TPSA) is 154 Å². The van der Waals surface area contributed by atoms with E-state index in [4.69, 9.17) is 9.47 Å². The van der Waals surface area contributed by atoms with Gasteiger partial charge in [0, 0.05) is 7.11 Å². The van der Waals surface area contributed by atoms with Crippen LogP contribution in [0.2, 0.25) is 0 Å². The van der Waals surface area contributed by atoms with Crippen molar-refractivity contribution >= 4 is 17.8 Å². The first-order valence-corrected chi connectivity index (χ1v) is 12.5. The van der Waals surface area contributed by atoms with E-state index >= 15 is 0 Å². The Kier molecular flexibility index (Phi) is 11.1. The molecule has 200 valence electrons. The highest BCUT2D eigenvalue weighted by Crippen LogP contribution is 2.26. The van der Waals surface area contributed by atoms with Gasteiger partial charge in [-0.25, -0.2) is 0 Å². The molecule has 1 saturated carbocycles. The van der Waals surface area contributed by atoms with E-state index in [2.05, 4.69) is 10.6 Å². The van der Waals surface area contributed by atoms with Crippen LogP contribution in [0.4, 0.5) is 0 Å². The third kappa shape index (κ3) is 9.18. The van der Waals surface area contributed by atoms with Crippen LogP contribution < -0.4 is 10.6 Å². The van der Waals surface area contributed by atoms with Crippen molar-refractivity contribution in [3.8, 4) is 0 Å². The van der Waals surface area contributed by atoms with Crippen LogP contribution in [0, 0.1) is 11.3 Å². The number of methoxy groups -OCH3 is 1. The molecule has 2 rings (SSSR count). The number of carbonyl (C=O) groups is 3. The van der Waals surface area contributed by atoms with Crippen molar-refractivity contribution in [3.63, 3.8) is 0 Å².